The summed E-state index contributed by atoms with van der Waals surface area (Å²) in [5, 5.41) is 8.55. The number of nitrogens with one attached hydrogen (secondary N) is 1. The normalized spacial score (nSPS) is 15.5. The summed E-state index contributed by atoms with van der Waals surface area (Å²) in [5.74, 6) is 1.86. The summed E-state index contributed by atoms with van der Waals surface area (Å²) in [6.45, 7) is 6.53. The van der Waals surface area contributed by atoms with Crippen molar-refractivity contribution < 1.29 is 14.3 Å². The van der Waals surface area contributed by atoms with Crippen LogP contribution in [0.15, 0.2) is 36.4 Å². The van der Waals surface area contributed by atoms with Crippen molar-refractivity contribution in [1.29, 1.82) is 0 Å². The number of methoxy groups -OCH3 is 1. The van der Waals surface area contributed by atoms with Crippen molar-refractivity contribution in [2.24, 2.45) is 0 Å². The second-order valence-electron chi connectivity index (χ2n) is 7.88. The molecule has 0 saturated carbocycles. The third-order valence-electron chi connectivity index (χ3n) is 5.71. The van der Waals surface area contributed by atoms with Crippen LogP contribution in [0.5, 0.6) is 11.5 Å². The van der Waals surface area contributed by atoms with E-state index in [2.05, 4.69) is 18.3 Å². The van der Waals surface area contributed by atoms with Crippen LogP contribution in [0, 0.1) is 13.8 Å². The Balaban J connectivity index is 1.62. The number of anilines is 1. The number of benzene rings is 2. The quantitative estimate of drug-likeness (QED) is 0.466. The molecule has 1 aliphatic rings. The number of nitrogens with zero attached hydrogens (tertiary/aromatic N) is 3. The van der Waals surface area contributed by atoms with E-state index in [9.17, 15) is 4.79 Å². The third kappa shape index (κ3) is 3.40. The molecule has 3 heterocycles. The van der Waals surface area contributed by atoms with Crippen LogP contribution in [0.25, 0.3) is 15.3 Å². The van der Waals surface area contributed by atoms with Crippen LogP contribution >= 0.6 is 11.3 Å². The molecule has 5 rings (SSSR count). The van der Waals surface area contributed by atoms with Crippen LogP contribution in [0.1, 0.15) is 41.6 Å². The van der Waals surface area contributed by atoms with Crippen molar-refractivity contribution in [2.45, 2.75) is 33.1 Å². The first-order valence-corrected chi connectivity index (χ1v) is 11.4. The molecule has 7 nitrogen and oxygen atoms in total. The van der Waals surface area contributed by atoms with Crippen molar-refractivity contribution in [2.75, 3.05) is 19.0 Å². The third-order valence-corrected chi connectivity index (χ3v) is 6.70. The first-order valence-electron chi connectivity index (χ1n) is 10.6. The molecule has 2 aromatic carbocycles. The highest BCUT2D eigenvalue weighted by Gasteiger charge is 2.33. The number of hydrogen-bond donors (Lipinski definition) is 1. The zero-order valence-electron chi connectivity index (χ0n) is 18.4. The molecule has 0 unspecified atom stereocenters. The summed E-state index contributed by atoms with van der Waals surface area (Å²) >= 11 is 1.56. The number of aryl methyl sites for hydroxylation is 2. The number of thiazole rings is 1. The Morgan fingerprint density at radius 2 is 2.03 bits per heavy atom. The number of aromatic nitrogens is 3. The van der Waals surface area contributed by atoms with Gasteiger partial charge in [-0.3, -0.25) is 4.79 Å². The standard InChI is InChI=1S/C24H24N4O3S/c1-5-31-18-9-7-15(11-19(18)30-4)16-12-21(29)26-23-22(16)14(3)27-28(23)24-25-17-8-6-13(2)10-20(17)32-24/h6-11,16H,5,12H2,1-4H3,(H,26,29)/t16-/m0/s1. The average Bonchev–Trinajstić information content (AvgIpc) is 3.34. The molecule has 1 aliphatic heterocycles. The highest BCUT2D eigenvalue weighted by Crippen LogP contribution is 2.43. The Morgan fingerprint density at radius 1 is 1.19 bits per heavy atom. The Bertz CT molecular complexity index is 1340. The minimum Gasteiger partial charge on any atom is -0.493 e. The Hall–Kier alpha value is -3.39. The monoisotopic (exact) mass is 448 g/mol. The summed E-state index contributed by atoms with van der Waals surface area (Å²) in [5.41, 5.74) is 4.97. The molecule has 0 radical (unpaired) electrons. The van der Waals surface area contributed by atoms with Gasteiger partial charge in [0.25, 0.3) is 0 Å². The fraction of sp³-hybridized carbons (Fsp3) is 0.292. The molecule has 32 heavy (non-hydrogen) atoms. The van der Waals surface area contributed by atoms with Crippen molar-refractivity contribution >= 4 is 33.3 Å². The van der Waals surface area contributed by atoms with Gasteiger partial charge in [0.2, 0.25) is 11.0 Å². The molecular formula is C24H24N4O3S. The van der Waals surface area contributed by atoms with E-state index in [1.165, 1.54) is 5.56 Å². The fourth-order valence-corrected chi connectivity index (χ4v) is 5.28. The number of amides is 1. The highest BCUT2D eigenvalue weighted by molar-refractivity contribution is 7.20. The van der Waals surface area contributed by atoms with Gasteiger partial charge >= 0.3 is 0 Å². The maximum atomic E-state index is 12.7. The van der Waals surface area contributed by atoms with E-state index in [0.717, 1.165) is 32.2 Å². The highest BCUT2D eigenvalue weighted by atomic mass is 32.1. The summed E-state index contributed by atoms with van der Waals surface area (Å²) in [4.78, 5) is 17.5. The first-order chi connectivity index (χ1) is 15.5. The SMILES string of the molecule is CCOc1ccc([C@@H]2CC(=O)Nc3c2c(C)nn3-c2nc3ccc(C)cc3s2)cc1OC. The van der Waals surface area contributed by atoms with E-state index in [-0.39, 0.29) is 11.8 Å². The lowest BCUT2D eigenvalue weighted by atomic mass is 9.85. The Kier molecular flexibility index (Phi) is 5.09. The smallest absolute Gasteiger partial charge is 0.226 e. The maximum Gasteiger partial charge on any atom is 0.226 e. The number of ether oxygens (including phenoxy) is 2. The molecule has 0 bridgehead atoms. The van der Waals surface area contributed by atoms with E-state index in [0.29, 0.717) is 30.3 Å². The van der Waals surface area contributed by atoms with Crippen LogP contribution in [0.4, 0.5) is 5.82 Å². The van der Waals surface area contributed by atoms with Crippen LogP contribution in [-0.4, -0.2) is 34.4 Å². The van der Waals surface area contributed by atoms with E-state index in [4.69, 9.17) is 19.6 Å². The van der Waals surface area contributed by atoms with Crippen LogP contribution in [0.3, 0.4) is 0 Å². The largest absolute Gasteiger partial charge is 0.493 e. The van der Waals surface area contributed by atoms with E-state index >= 15 is 0 Å². The number of hydrogen-bond acceptors (Lipinski definition) is 6. The molecule has 1 N–H and O–H groups in total. The van der Waals surface area contributed by atoms with Gasteiger partial charge in [-0.25, -0.2) is 4.98 Å². The zero-order chi connectivity index (χ0) is 22.4. The van der Waals surface area contributed by atoms with Gasteiger partial charge in [0, 0.05) is 17.9 Å². The minimum absolute atomic E-state index is 0.0477. The topological polar surface area (TPSA) is 78.3 Å². The van der Waals surface area contributed by atoms with Crippen molar-refractivity contribution in [3.8, 4) is 16.6 Å². The second kappa shape index (κ2) is 7.94. The van der Waals surface area contributed by atoms with E-state index in [1.807, 2.05) is 44.2 Å². The number of rotatable bonds is 5. The summed E-state index contributed by atoms with van der Waals surface area (Å²) < 4.78 is 14.1. The van der Waals surface area contributed by atoms with Gasteiger partial charge < -0.3 is 14.8 Å². The Morgan fingerprint density at radius 3 is 2.81 bits per heavy atom. The maximum absolute atomic E-state index is 12.7. The number of fused-ring (bicyclic) bond motifs is 2. The molecular weight excluding hydrogens is 424 g/mol. The van der Waals surface area contributed by atoms with Gasteiger partial charge in [-0.2, -0.15) is 9.78 Å². The number of carbonyl (C=O) groups excluding carboxylic acids is 1. The Labute approximate surface area is 190 Å². The molecule has 0 saturated heterocycles. The predicted molar refractivity (Wildman–Crippen MR) is 125 cm³/mol. The van der Waals surface area contributed by atoms with E-state index in [1.54, 1.807) is 23.1 Å². The zero-order valence-corrected chi connectivity index (χ0v) is 19.2. The van der Waals surface area contributed by atoms with Gasteiger partial charge in [-0.15, -0.1) is 0 Å². The minimum atomic E-state index is -0.131. The first kappa shape index (κ1) is 20.5. The van der Waals surface area contributed by atoms with Gasteiger partial charge in [-0.05, 0) is 56.2 Å². The summed E-state index contributed by atoms with van der Waals surface area (Å²) in [7, 11) is 1.62. The van der Waals surface area contributed by atoms with Crippen LogP contribution in [0.2, 0.25) is 0 Å². The lowest BCUT2D eigenvalue weighted by Crippen LogP contribution is -2.25. The van der Waals surface area contributed by atoms with Gasteiger partial charge in [-0.1, -0.05) is 23.5 Å². The van der Waals surface area contributed by atoms with Crippen molar-refractivity contribution in [3.63, 3.8) is 0 Å². The summed E-state index contributed by atoms with van der Waals surface area (Å²) in [6, 6.07) is 12.0. The predicted octanol–water partition coefficient (Wildman–Crippen LogP) is 4.98. The molecule has 2 aromatic heterocycles. The summed E-state index contributed by atoms with van der Waals surface area (Å²) in [6.07, 6.45) is 0.343. The lowest BCUT2D eigenvalue weighted by molar-refractivity contribution is -0.116. The second-order valence-corrected chi connectivity index (χ2v) is 8.88. The van der Waals surface area contributed by atoms with Gasteiger partial charge in [0.05, 0.1) is 29.6 Å². The molecule has 1 atom stereocenters. The molecule has 8 heteroatoms. The molecule has 0 aliphatic carbocycles. The van der Waals surface area contributed by atoms with Gasteiger partial charge in [0.15, 0.2) is 11.5 Å². The van der Waals surface area contributed by atoms with E-state index < -0.39 is 0 Å². The number of carbonyl (C=O) groups is 1. The molecule has 1 amide bonds. The van der Waals surface area contributed by atoms with Crippen molar-refractivity contribution in [1.82, 2.24) is 14.8 Å². The molecule has 0 spiro atoms. The van der Waals surface area contributed by atoms with Crippen LogP contribution in [-0.2, 0) is 4.79 Å². The molecule has 4 aromatic rings. The fourth-order valence-electron chi connectivity index (χ4n) is 4.26. The van der Waals surface area contributed by atoms with Crippen molar-refractivity contribution in [3.05, 3.63) is 58.8 Å². The lowest BCUT2D eigenvalue weighted by Gasteiger charge is -2.24. The van der Waals surface area contributed by atoms with Crippen LogP contribution < -0.4 is 14.8 Å². The van der Waals surface area contributed by atoms with Gasteiger partial charge in [0.1, 0.15) is 5.82 Å². The molecule has 164 valence electrons. The molecule has 0 fully saturated rings. The average molecular weight is 449 g/mol.